The summed E-state index contributed by atoms with van der Waals surface area (Å²) in [5.74, 6) is 1.04. The molecule has 1 aliphatic heterocycles. The van der Waals surface area contributed by atoms with Gasteiger partial charge in [0.25, 0.3) is 0 Å². The zero-order chi connectivity index (χ0) is 12.3. The number of hydrogen-bond acceptors (Lipinski definition) is 4. The molecule has 0 bridgehead atoms. The van der Waals surface area contributed by atoms with Crippen LogP contribution in [0.3, 0.4) is 0 Å². The molecular formula is C13H21N3O. The van der Waals surface area contributed by atoms with Crippen LogP contribution in [0.15, 0.2) is 18.3 Å². The lowest BCUT2D eigenvalue weighted by molar-refractivity contribution is 0.208. The Morgan fingerprint density at radius 2 is 2.18 bits per heavy atom. The number of aliphatic hydroxyl groups excluding tert-OH is 1. The second-order valence-corrected chi connectivity index (χ2v) is 5.17. The highest BCUT2D eigenvalue weighted by Crippen LogP contribution is 2.24. The van der Waals surface area contributed by atoms with Crippen LogP contribution < -0.4 is 10.6 Å². The van der Waals surface area contributed by atoms with Crippen LogP contribution in [0.4, 0.5) is 5.82 Å². The molecule has 1 aromatic rings. The molecule has 1 aliphatic rings. The van der Waals surface area contributed by atoms with E-state index in [1.165, 1.54) is 12.8 Å². The molecule has 0 spiro atoms. The smallest absolute Gasteiger partial charge is 0.131 e. The van der Waals surface area contributed by atoms with Gasteiger partial charge in [0.15, 0.2) is 0 Å². The summed E-state index contributed by atoms with van der Waals surface area (Å²) in [6.45, 7) is 4.00. The number of nitrogens with two attached hydrogens (primary N) is 1. The van der Waals surface area contributed by atoms with Crippen molar-refractivity contribution in [1.82, 2.24) is 4.98 Å². The Hall–Kier alpha value is -1.13. The van der Waals surface area contributed by atoms with Gasteiger partial charge in [-0.3, -0.25) is 0 Å². The predicted octanol–water partition coefficient (Wildman–Crippen LogP) is 0.934. The van der Waals surface area contributed by atoms with Crippen molar-refractivity contribution < 1.29 is 5.11 Å². The maximum atomic E-state index is 9.25. The van der Waals surface area contributed by atoms with Gasteiger partial charge in [-0.05, 0) is 37.8 Å². The van der Waals surface area contributed by atoms with Gasteiger partial charge in [-0.15, -0.1) is 0 Å². The molecule has 3 N–H and O–H groups in total. The van der Waals surface area contributed by atoms with Crippen molar-refractivity contribution >= 4 is 5.82 Å². The Balaban J connectivity index is 2.21. The third-order valence-electron chi connectivity index (χ3n) is 3.23. The van der Waals surface area contributed by atoms with Gasteiger partial charge in [0, 0.05) is 24.8 Å². The molecule has 1 aromatic heterocycles. The standard InChI is InChI=1S/C13H21N3O/c1-13(14,10-17)9-11-5-4-6-15-12(11)16-7-2-3-8-16/h4-6,17H,2-3,7-10,14H2,1H3. The van der Waals surface area contributed by atoms with Crippen LogP contribution in [0.1, 0.15) is 25.3 Å². The monoisotopic (exact) mass is 235 g/mol. The highest BCUT2D eigenvalue weighted by molar-refractivity contribution is 5.48. The molecule has 4 heteroatoms. The van der Waals surface area contributed by atoms with Crippen molar-refractivity contribution in [2.75, 3.05) is 24.6 Å². The molecule has 0 amide bonds. The Morgan fingerprint density at radius 3 is 2.82 bits per heavy atom. The molecule has 17 heavy (non-hydrogen) atoms. The highest BCUT2D eigenvalue weighted by atomic mass is 16.3. The Bertz CT molecular complexity index is 373. The van der Waals surface area contributed by atoms with Crippen molar-refractivity contribution in [3.05, 3.63) is 23.9 Å². The maximum absolute atomic E-state index is 9.25. The number of nitrogens with zero attached hydrogens (tertiary/aromatic N) is 2. The first kappa shape index (κ1) is 12.3. The number of aliphatic hydroxyl groups is 1. The third kappa shape index (κ3) is 2.96. The second kappa shape index (κ2) is 5.02. The molecule has 2 heterocycles. The van der Waals surface area contributed by atoms with Gasteiger partial charge >= 0.3 is 0 Å². The summed E-state index contributed by atoms with van der Waals surface area (Å²) in [6, 6.07) is 3.99. The molecule has 4 nitrogen and oxygen atoms in total. The summed E-state index contributed by atoms with van der Waals surface area (Å²) in [4.78, 5) is 6.78. The molecule has 1 unspecified atom stereocenters. The van der Waals surface area contributed by atoms with Gasteiger partial charge in [0.05, 0.1) is 6.61 Å². The zero-order valence-electron chi connectivity index (χ0n) is 10.4. The van der Waals surface area contributed by atoms with Crippen LogP contribution in [-0.4, -0.2) is 35.3 Å². The van der Waals surface area contributed by atoms with Gasteiger partial charge in [-0.25, -0.2) is 4.98 Å². The Morgan fingerprint density at radius 1 is 1.47 bits per heavy atom. The first-order valence-corrected chi connectivity index (χ1v) is 6.21. The number of rotatable bonds is 4. The quantitative estimate of drug-likeness (QED) is 0.815. The van der Waals surface area contributed by atoms with E-state index in [1.807, 2.05) is 19.2 Å². The molecule has 94 valence electrons. The largest absolute Gasteiger partial charge is 0.394 e. The number of hydrogen-bond donors (Lipinski definition) is 2. The van der Waals surface area contributed by atoms with E-state index in [2.05, 4.69) is 16.0 Å². The molecule has 0 aliphatic carbocycles. The van der Waals surface area contributed by atoms with E-state index < -0.39 is 5.54 Å². The fourth-order valence-electron chi connectivity index (χ4n) is 2.27. The summed E-state index contributed by atoms with van der Waals surface area (Å²) in [7, 11) is 0. The number of pyridine rings is 1. The van der Waals surface area contributed by atoms with Crippen LogP contribution in [0, 0.1) is 0 Å². The maximum Gasteiger partial charge on any atom is 0.131 e. The number of anilines is 1. The van der Waals surface area contributed by atoms with E-state index >= 15 is 0 Å². The minimum Gasteiger partial charge on any atom is -0.394 e. The normalized spacial score (nSPS) is 19.4. The molecule has 1 saturated heterocycles. The van der Waals surface area contributed by atoms with E-state index in [-0.39, 0.29) is 6.61 Å². The SMILES string of the molecule is CC(N)(CO)Cc1cccnc1N1CCCC1. The Kier molecular flexibility index (Phi) is 3.64. The van der Waals surface area contributed by atoms with Crippen molar-refractivity contribution in [2.24, 2.45) is 5.73 Å². The second-order valence-electron chi connectivity index (χ2n) is 5.17. The molecule has 1 fully saturated rings. The molecule has 0 saturated carbocycles. The average Bonchev–Trinajstić information content (AvgIpc) is 2.83. The summed E-state index contributed by atoms with van der Waals surface area (Å²) >= 11 is 0. The van der Waals surface area contributed by atoms with Crippen molar-refractivity contribution in [1.29, 1.82) is 0 Å². The highest BCUT2D eigenvalue weighted by Gasteiger charge is 2.23. The molecular weight excluding hydrogens is 214 g/mol. The lowest BCUT2D eigenvalue weighted by atomic mass is 9.95. The van der Waals surface area contributed by atoms with Gasteiger partial charge in [0.1, 0.15) is 5.82 Å². The summed E-state index contributed by atoms with van der Waals surface area (Å²) in [6.07, 6.45) is 4.94. The van der Waals surface area contributed by atoms with Crippen molar-refractivity contribution in [3.8, 4) is 0 Å². The van der Waals surface area contributed by atoms with E-state index in [9.17, 15) is 5.11 Å². The van der Waals surface area contributed by atoms with E-state index in [0.717, 1.165) is 24.5 Å². The van der Waals surface area contributed by atoms with Gasteiger partial charge in [-0.1, -0.05) is 6.07 Å². The summed E-state index contributed by atoms with van der Waals surface area (Å²) < 4.78 is 0. The molecule has 0 radical (unpaired) electrons. The summed E-state index contributed by atoms with van der Waals surface area (Å²) in [5.41, 5.74) is 6.58. The average molecular weight is 235 g/mol. The van der Waals surface area contributed by atoms with Crippen molar-refractivity contribution in [3.63, 3.8) is 0 Å². The van der Waals surface area contributed by atoms with E-state index in [0.29, 0.717) is 6.42 Å². The topological polar surface area (TPSA) is 62.4 Å². The molecule has 1 atom stereocenters. The van der Waals surface area contributed by atoms with E-state index in [1.54, 1.807) is 0 Å². The van der Waals surface area contributed by atoms with Crippen molar-refractivity contribution in [2.45, 2.75) is 31.7 Å². The minimum atomic E-state index is -0.572. The molecule has 2 rings (SSSR count). The van der Waals surface area contributed by atoms with Gasteiger partial charge < -0.3 is 15.7 Å². The van der Waals surface area contributed by atoms with Crippen LogP contribution in [0.25, 0.3) is 0 Å². The fraction of sp³-hybridized carbons (Fsp3) is 0.615. The van der Waals surface area contributed by atoms with Crippen LogP contribution >= 0.6 is 0 Å². The van der Waals surface area contributed by atoms with Crippen LogP contribution in [0.2, 0.25) is 0 Å². The predicted molar refractivity (Wildman–Crippen MR) is 69.1 cm³/mol. The van der Waals surface area contributed by atoms with Crippen LogP contribution in [-0.2, 0) is 6.42 Å². The van der Waals surface area contributed by atoms with Gasteiger partial charge in [0.2, 0.25) is 0 Å². The Labute approximate surface area is 102 Å². The minimum absolute atomic E-state index is 0.0126. The first-order chi connectivity index (χ1) is 8.12. The lowest BCUT2D eigenvalue weighted by Gasteiger charge is -2.25. The number of aromatic nitrogens is 1. The summed E-state index contributed by atoms with van der Waals surface area (Å²) in [5, 5.41) is 9.25. The first-order valence-electron chi connectivity index (χ1n) is 6.21. The molecule has 0 aromatic carbocycles. The van der Waals surface area contributed by atoms with Crippen LogP contribution in [0.5, 0.6) is 0 Å². The van der Waals surface area contributed by atoms with E-state index in [4.69, 9.17) is 5.73 Å². The third-order valence-corrected chi connectivity index (χ3v) is 3.23. The van der Waals surface area contributed by atoms with Gasteiger partial charge in [-0.2, -0.15) is 0 Å². The fourth-order valence-corrected chi connectivity index (χ4v) is 2.27. The zero-order valence-corrected chi connectivity index (χ0v) is 10.4. The lowest BCUT2D eigenvalue weighted by Crippen LogP contribution is -2.42.